The zero-order chi connectivity index (χ0) is 18.8. The van der Waals surface area contributed by atoms with E-state index in [9.17, 15) is 9.18 Å². The summed E-state index contributed by atoms with van der Waals surface area (Å²) in [6, 6.07) is 16.3. The van der Waals surface area contributed by atoms with Gasteiger partial charge in [-0.15, -0.1) is 11.8 Å². The number of hydrogen-bond acceptors (Lipinski definition) is 4. The summed E-state index contributed by atoms with van der Waals surface area (Å²) in [5.41, 5.74) is 2.74. The molecule has 27 heavy (non-hydrogen) atoms. The van der Waals surface area contributed by atoms with E-state index in [1.165, 1.54) is 17.7 Å². The fourth-order valence-corrected chi connectivity index (χ4v) is 5.23. The first-order valence-corrected chi connectivity index (χ1v) is 10.7. The van der Waals surface area contributed by atoms with Gasteiger partial charge in [-0.2, -0.15) is 0 Å². The van der Waals surface area contributed by atoms with Crippen molar-refractivity contribution in [3.8, 4) is 5.69 Å². The van der Waals surface area contributed by atoms with Gasteiger partial charge in [0.25, 0.3) is 5.56 Å². The van der Waals surface area contributed by atoms with E-state index in [2.05, 4.69) is 19.1 Å². The van der Waals surface area contributed by atoms with Crippen molar-refractivity contribution in [3.05, 3.63) is 82.0 Å². The van der Waals surface area contributed by atoms with Crippen molar-refractivity contribution in [2.24, 2.45) is 0 Å². The fourth-order valence-electron chi connectivity index (χ4n) is 3.12. The predicted molar refractivity (Wildman–Crippen MR) is 110 cm³/mol. The highest BCUT2D eigenvalue weighted by atomic mass is 32.2. The van der Waals surface area contributed by atoms with Gasteiger partial charge < -0.3 is 0 Å². The molecule has 0 aliphatic carbocycles. The largest absolute Gasteiger partial charge is 0.272 e. The van der Waals surface area contributed by atoms with Gasteiger partial charge in [0.1, 0.15) is 5.82 Å². The van der Waals surface area contributed by atoms with Crippen molar-refractivity contribution in [1.82, 2.24) is 9.55 Å². The van der Waals surface area contributed by atoms with Gasteiger partial charge in [-0.3, -0.25) is 9.36 Å². The van der Waals surface area contributed by atoms with Crippen molar-refractivity contribution < 1.29 is 4.39 Å². The van der Waals surface area contributed by atoms with Gasteiger partial charge in [-0.25, -0.2) is 9.37 Å². The minimum atomic E-state index is -0.317. The van der Waals surface area contributed by atoms with Crippen LogP contribution in [0.15, 0.2) is 69.4 Å². The molecule has 3 nitrogen and oxygen atoms in total. The van der Waals surface area contributed by atoms with Crippen LogP contribution in [0.4, 0.5) is 4.39 Å². The summed E-state index contributed by atoms with van der Waals surface area (Å²) in [6.07, 6.45) is 1.71. The Morgan fingerprint density at radius 2 is 1.93 bits per heavy atom. The zero-order valence-corrected chi connectivity index (χ0v) is 16.5. The van der Waals surface area contributed by atoms with Gasteiger partial charge in [0, 0.05) is 17.4 Å². The summed E-state index contributed by atoms with van der Waals surface area (Å²) in [5, 5.41) is 1.03. The van der Waals surface area contributed by atoms with E-state index in [-0.39, 0.29) is 11.4 Å². The molecule has 1 aliphatic heterocycles. The average molecular weight is 399 g/mol. The van der Waals surface area contributed by atoms with Crippen LogP contribution < -0.4 is 5.56 Å². The molecule has 0 spiro atoms. The van der Waals surface area contributed by atoms with Gasteiger partial charge in [0.05, 0.1) is 16.3 Å². The number of benzene rings is 2. The van der Waals surface area contributed by atoms with Gasteiger partial charge >= 0.3 is 0 Å². The van der Waals surface area contributed by atoms with E-state index < -0.39 is 0 Å². The molecule has 0 saturated heterocycles. The lowest BCUT2D eigenvalue weighted by Crippen LogP contribution is -2.24. The van der Waals surface area contributed by atoms with Gasteiger partial charge in [-0.1, -0.05) is 49.0 Å². The Kier molecular flexibility index (Phi) is 5.36. The van der Waals surface area contributed by atoms with Crippen LogP contribution in [0, 0.1) is 5.82 Å². The third kappa shape index (κ3) is 3.96. The number of hydrogen-bond donors (Lipinski definition) is 0. The first kappa shape index (κ1) is 18.3. The maximum absolute atomic E-state index is 13.4. The highest BCUT2D eigenvalue weighted by molar-refractivity contribution is 8.00. The maximum atomic E-state index is 13.4. The number of aryl methyl sites for hydroxylation is 1. The number of rotatable bonds is 5. The van der Waals surface area contributed by atoms with Crippen LogP contribution in [-0.4, -0.2) is 20.6 Å². The van der Waals surface area contributed by atoms with Crippen molar-refractivity contribution in [1.29, 1.82) is 0 Å². The van der Waals surface area contributed by atoms with Gasteiger partial charge in [0.15, 0.2) is 5.16 Å². The van der Waals surface area contributed by atoms with E-state index in [1.807, 2.05) is 18.2 Å². The molecule has 1 atom stereocenters. The van der Waals surface area contributed by atoms with Crippen LogP contribution in [0.1, 0.15) is 18.2 Å². The smallest absolute Gasteiger partial charge is 0.268 e. The number of nitrogens with zero attached hydrogens (tertiary/aromatic N) is 2. The van der Waals surface area contributed by atoms with E-state index in [0.717, 1.165) is 29.2 Å². The molecule has 0 radical (unpaired) electrons. The number of halogens is 1. The molecular weight excluding hydrogens is 379 g/mol. The molecule has 0 unspecified atom stereocenters. The summed E-state index contributed by atoms with van der Waals surface area (Å²) in [6.45, 7) is 2.11. The lowest BCUT2D eigenvalue weighted by atomic mass is 10.2. The lowest BCUT2D eigenvalue weighted by Gasteiger charge is -2.13. The van der Waals surface area contributed by atoms with Crippen LogP contribution in [0.5, 0.6) is 0 Å². The molecule has 1 aromatic heterocycles. The highest BCUT2D eigenvalue weighted by Crippen LogP contribution is 2.35. The molecule has 0 bridgehead atoms. The molecule has 1 aliphatic rings. The second kappa shape index (κ2) is 7.90. The third-order valence-electron chi connectivity index (χ3n) is 4.43. The average Bonchev–Trinajstić information content (AvgIpc) is 3.05. The molecule has 3 aromatic rings. The summed E-state index contributed by atoms with van der Waals surface area (Å²) in [7, 11) is 0. The van der Waals surface area contributed by atoms with E-state index >= 15 is 0 Å². The number of aromatic nitrogens is 2. The Labute approximate surface area is 166 Å². The van der Waals surface area contributed by atoms with Crippen LogP contribution >= 0.6 is 23.5 Å². The Morgan fingerprint density at radius 1 is 1.19 bits per heavy atom. The molecule has 138 valence electrons. The molecule has 0 saturated carbocycles. The monoisotopic (exact) mass is 398 g/mol. The molecule has 0 amide bonds. The second-order valence-corrected chi connectivity index (χ2v) is 9.01. The number of fused-ring (bicyclic) bond motifs is 1. The Morgan fingerprint density at radius 3 is 2.67 bits per heavy atom. The van der Waals surface area contributed by atoms with Crippen molar-refractivity contribution in [3.63, 3.8) is 0 Å². The molecule has 6 heteroatoms. The summed E-state index contributed by atoms with van der Waals surface area (Å²) in [5.74, 6) is 0.501. The molecule has 4 rings (SSSR count). The first-order valence-electron chi connectivity index (χ1n) is 8.87. The summed E-state index contributed by atoms with van der Waals surface area (Å²) >= 11 is 3.15. The van der Waals surface area contributed by atoms with E-state index in [1.54, 1.807) is 40.2 Å². The van der Waals surface area contributed by atoms with Gasteiger partial charge in [0.2, 0.25) is 0 Å². The molecule has 2 aromatic carbocycles. The number of thioether (sulfide) groups is 2. The van der Waals surface area contributed by atoms with Crippen molar-refractivity contribution in [2.75, 3.05) is 5.75 Å². The van der Waals surface area contributed by atoms with E-state index in [4.69, 9.17) is 4.98 Å². The maximum Gasteiger partial charge on any atom is 0.272 e. The lowest BCUT2D eigenvalue weighted by molar-refractivity contribution is 0.626. The predicted octanol–water partition coefficient (Wildman–Crippen LogP) is 4.74. The van der Waals surface area contributed by atoms with Crippen LogP contribution in [0.25, 0.3) is 5.69 Å². The summed E-state index contributed by atoms with van der Waals surface area (Å²) in [4.78, 5) is 18.7. The third-order valence-corrected chi connectivity index (χ3v) is 6.59. The Balaban J connectivity index is 1.68. The van der Waals surface area contributed by atoms with Crippen LogP contribution in [-0.2, 0) is 12.8 Å². The fraction of sp³-hybridized carbons (Fsp3) is 0.238. The SMILES string of the molecule is C[C@H]1Cc2nc(SCCc3ccccc3)n(-c3ccc(F)cc3)c(=O)c2S1. The first-order chi connectivity index (χ1) is 13.1. The van der Waals surface area contributed by atoms with E-state index in [0.29, 0.717) is 16.1 Å². The molecule has 2 heterocycles. The highest BCUT2D eigenvalue weighted by Gasteiger charge is 2.26. The minimum absolute atomic E-state index is 0.0526. The standard InChI is InChI=1S/C21H19FN2OS2/c1-14-13-18-19(27-14)20(25)24(17-9-7-16(22)8-10-17)21(23-18)26-12-11-15-5-3-2-4-6-15/h2-10,14H,11-13H2,1H3/t14-/m0/s1. The van der Waals surface area contributed by atoms with Crippen molar-refractivity contribution >= 4 is 23.5 Å². The Hall–Kier alpha value is -2.05. The molecular formula is C21H19FN2OS2. The Bertz CT molecular complexity index is 1000. The zero-order valence-electron chi connectivity index (χ0n) is 14.9. The van der Waals surface area contributed by atoms with Crippen LogP contribution in [0.2, 0.25) is 0 Å². The van der Waals surface area contributed by atoms with Crippen LogP contribution in [0.3, 0.4) is 0 Å². The minimum Gasteiger partial charge on any atom is -0.268 e. The van der Waals surface area contributed by atoms with Crippen molar-refractivity contribution in [2.45, 2.75) is 35.1 Å². The molecule has 0 N–H and O–H groups in total. The summed E-state index contributed by atoms with van der Waals surface area (Å²) < 4.78 is 15.0. The normalized spacial score (nSPS) is 15.7. The molecule has 0 fully saturated rings. The topological polar surface area (TPSA) is 34.9 Å². The van der Waals surface area contributed by atoms with Gasteiger partial charge in [-0.05, 0) is 36.2 Å². The second-order valence-electron chi connectivity index (χ2n) is 6.50. The quantitative estimate of drug-likeness (QED) is 0.459.